The molecule has 9 N–H and O–H groups in total. The molecule has 27 heavy (non-hydrogen) atoms. The molecule has 0 bridgehead atoms. The quantitative estimate of drug-likeness (QED) is 0.212. The van der Waals surface area contributed by atoms with Gasteiger partial charge in [0.15, 0.2) is 0 Å². The van der Waals surface area contributed by atoms with E-state index in [0.717, 1.165) is 38.5 Å². The van der Waals surface area contributed by atoms with Crippen LogP contribution in [0.5, 0.6) is 0 Å². The molecular formula is C20H44N2O5. The van der Waals surface area contributed by atoms with Crippen LogP contribution in [0.25, 0.3) is 0 Å². The molecule has 0 aromatic heterocycles. The van der Waals surface area contributed by atoms with E-state index in [-0.39, 0.29) is 30.2 Å². The van der Waals surface area contributed by atoms with Crippen LogP contribution in [0.4, 0.5) is 0 Å². The van der Waals surface area contributed by atoms with E-state index in [9.17, 15) is 14.7 Å². The molecule has 0 saturated heterocycles. The number of unbranched alkanes of at least 4 members (excludes halogenated alkanes) is 8. The lowest BCUT2D eigenvalue weighted by Gasteiger charge is -2.12. The van der Waals surface area contributed by atoms with Crippen molar-refractivity contribution in [2.24, 2.45) is 11.8 Å². The Balaban J connectivity index is -0.00000288. The summed E-state index contributed by atoms with van der Waals surface area (Å²) in [5.41, 5.74) is 0. The third-order valence-electron chi connectivity index (χ3n) is 4.95. The molecule has 0 aliphatic rings. The minimum atomic E-state index is -0.788. The van der Waals surface area contributed by atoms with Crippen molar-refractivity contribution in [2.75, 3.05) is 0 Å². The van der Waals surface area contributed by atoms with Crippen LogP contribution in [0.15, 0.2) is 0 Å². The number of carboxylic acids is 2. The molecule has 0 radical (unpaired) electrons. The van der Waals surface area contributed by atoms with Crippen LogP contribution in [0, 0.1) is 11.8 Å². The van der Waals surface area contributed by atoms with Gasteiger partial charge in [0.1, 0.15) is 0 Å². The van der Waals surface area contributed by atoms with E-state index in [1.54, 1.807) is 13.8 Å². The van der Waals surface area contributed by atoms with Crippen molar-refractivity contribution in [3.05, 3.63) is 0 Å². The van der Waals surface area contributed by atoms with Crippen LogP contribution in [-0.4, -0.2) is 33.4 Å². The third-order valence-corrected chi connectivity index (χ3v) is 4.95. The van der Waals surface area contributed by atoms with Crippen LogP contribution in [0.1, 0.15) is 97.3 Å². The first-order valence-electron chi connectivity index (χ1n) is 9.98. The molecule has 0 rings (SSSR count). The number of aliphatic hydroxyl groups is 1. The van der Waals surface area contributed by atoms with Gasteiger partial charge >= 0.3 is 11.9 Å². The van der Waals surface area contributed by atoms with Gasteiger partial charge in [-0.25, -0.2) is 0 Å². The summed E-state index contributed by atoms with van der Waals surface area (Å²) in [4.78, 5) is 21.4. The van der Waals surface area contributed by atoms with Crippen LogP contribution >= 0.6 is 0 Å². The molecule has 0 aromatic rings. The summed E-state index contributed by atoms with van der Waals surface area (Å²) in [5.74, 6) is -2.07. The molecule has 0 aromatic carbocycles. The maximum atomic E-state index is 10.7. The molecule has 0 aliphatic carbocycles. The smallest absolute Gasteiger partial charge is 0.306 e. The monoisotopic (exact) mass is 392 g/mol. The fraction of sp³-hybridized carbons (Fsp3) is 0.900. The lowest BCUT2D eigenvalue weighted by molar-refractivity contribution is -0.142. The Morgan fingerprint density at radius 3 is 1.33 bits per heavy atom. The highest BCUT2D eigenvalue weighted by Gasteiger charge is 2.13. The largest absolute Gasteiger partial charge is 0.481 e. The summed E-state index contributed by atoms with van der Waals surface area (Å²) >= 11 is 0. The van der Waals surface area contributed by atoms with Crippen molar-refractivity contribution >= 4 is 11.9 Å². The third kappa shape index (κ3) is 19.4. The van der Waals surface area contributed by atoms with Crippen molar-refractivity contribution in [1.29, 1.82) is 0 Å². The minimum absolute atomic E-state index is 0. The molecule has 3 unspecified atom stereocenters. The molecule has 0 spiro atoms. The molecule has 0 fully saturated rings. The Kier molecular flexibility index (Phi) is 22.1. The van der Waals surface area contributed by atoms with Crippen LogP contribution in [-0.2, 0) is 9.59 Å². The summed E-state index contributed by atoms with van der Waals surface area (Å²) in [5, 5.41) is 27.4. The number of rotatable bonds is 17. The molecule has 7 heteroatoms. The van der Waals surface area contributed by atoms with Crippen molar-refractivity contribution < 1.29 is 24.9 Å². The minimum Gasteiger partial charge on any atom is -0.481 e. The van der Waals surface area contributed by atoms with Crippen molar-refractivity contribution in [1.82, 2.24) is 12.3 Å². The first-order chi connectivity index (χ1) is 11.8. The fourth-order valence-corrected chi connectivity index (χ4v) is 2.90. The molecule has 7 nitrogen and oxygen atoms in total. The van der Waals surface area contributed by atoms with Gasteiger partial charge in [0.25, 0.3) is 0 Å². The van der Waals surface area contributed by atoms with Gasteiger partial charge in [-0.05, 0) is 25.7 Å². The SMILES string of the molecule is CC(CCCCCCCCCCCC(O)CCC(C)C(=O)O)C(=O)O.N.N. The highest BCUT2D eigenvalue weighted by Crippen LogP contribution is 2.16. The van der Waals surface area contributed by atoms with Gasteiger partial charge in [-0.3, -0.25) is 9.59 Å². The van der Waals surface area contributed by atoms with Gasteiger partial charge in [-0.2, -0.15) is 0 Å². The normalized spacial score (nSPS) is 13.7. The van der Waals surface area contributed by atoms with E-state index in [1.165, 1.54) is 32.1 Å². The second kappa shape index (κ2) is 19.6. The predicted octanol–water partition coefficient (Wildman–Crippen LogP) is 5.18. The summed E-state index contributed by atoms with van der Waals surface area (Å²) < 4.78 is 0. The predicted molar refractivity (Wildman–Crippen MR) is 110 cm³/mol. The van der Waals surface area contributed by atoms with E-state index in [1.807, 2.05) is 0 Å². The Morgan fingerprint density at radius 1 is 0.593 bits per heavy atom. The fourth-order valence-electron chi connectivity index (χ4n) is 2.90. The summed E-state index contributed by atoms with van der Waals surface area (Å²) in [7, 11) is 0. The molecule has 0 amide bonds. The number of hydrogen-bond acceptors (Lipinski definition) is 5. The molecule has 0 heterocycles. The Morgan fingerprint density at radius 2 is 0.926 bits per heavy atom. The van der Waals surface area contributed by atoms with Crippen LogP contribution in [0.3, 0.4) is 0 Å². The average molecular weight is 393 g/mol. The van der Waals surface area contributed by atoms with Crippen LogP contribution in [0.2, 0.25) is 0 Å². The van der Waals surface area contributed by atoms with Crippen molar-refractivity contribution in [3.63, 3.8) is 0 Å². The number of hydrogen-bond donors (Lipinski definition) is 5. The average Bonchev–Trinajstić information content (AvgIpc) is 2.56. The van der Waals surface area contributed by atoms with Crippen molar-refractivity contribution in [2.45, 2.75) is 103 Å². The lowest BCUT2D eigenvalue weighted by Crippen LogP contribution is -2.14. The molecular weight excluding hydrogens is 348 g/mol. The topological polar surface area (TPSA) is 165 Å². The number of aliphatic hydroxyl groups excluding tert-OH is 1. The maximum absolute atomic E-state index is 10.7. The molecule has 0 saturated carbocycles. The lowest BCUT2D eigenvalue weighted by atomic mass is 9.99. The van der Waals surface area contributed by atoms with E-state index in [2.05, 4.69) is 0 Å². The Hall–Kier alpha value is -1.18. The highest BCUT2D eigenvalue weighted by molar-refractivity contribution is 5.69. The Bertz CT molecular complexity index is 366. The number of carboxylic acid groups (broad SMARTS) is 2. The second-order valence-electron chi connectivity index (χ2n) is 7.47. The standard InChI is InChI=1S/C20H38O5.2H3N/c1-16(19(22)23)12-10-8-6-4-3-5-7-9-11-13-18(21)15-14-17(2)20(24)25;;/h16-18,21H,3-15H2,1-2H3,(H,22,23)(H,24,25);2*1H3. The number of aliphatic carboxylic acids is 2. The first kappa shape index (κ1) is 30.5. The zero-order chi connectivity index (χ0) is 19.1. The van der Waals surface area contributed by atoms with Gasteiger partial charge in [0.05, 0.1) is 17.9 Å². The van der Waals surface area contributed by atoms with E-state index >= 15 is 0 Å². The van der Waals surface area contributed by atoms with Gasteiger partial charge in [-0.1, -0.05) is 71.6 Å². The first-order valence-corrected chi connectivity index (χ1v) is 9.98. The van der Waals surface area contributed by atoms with E-state index in [4.69, 9.17) is 10.2 Å². The van der Waals surface area contributed by atoms with Crippen molar-refractivity contribution in [3.8, 4) is 0 Å². The maximum Gasteiger partial charge on any atom is 0.306 e. The van der Waals surface area contributed by atoms with Gasteiger partial charge in [-0.15, -0.1) is 0 Å². The van der Waals surface area contributed by atoms with Crippen LogP contribution < -0.4 is 12.3 Å². The second-order valence-corrected chi connectivity index (χ2v) is 7.47. The van der Waals surface area contributed by atoms with Gasteiger partial charge in [0, 0.05) is 0 Å². The molecule has 3 atom stereocenters. The summed E-state index contributed by atoms with van der Waals surface area (Å²) in [6.07, 6.45) is 12.6. The molecule has 0 aliphatic heterocycles. The van der Waals surface area contributed by atoms with E-state index < -0.39 is 11.9 Å². The number of carbonyl (C=O) groups is 2. The molecule has 164 valence electrons. The summed E-state index contributed by atoms with van der Waals surface area (Å²) in [6, 6.07) is 0. The van der Waals surface area contributed by atoms with Gasteiger partial charge < -0.3 is 27.6 Å². The zero-order valence-corrected chi connectivity index (χ0v) is 17.5. The highest BCUT2D eigenvalue weighted by atomic mass is 16.4. The van der Waals surface area contributed by atoms with E-state index in [0.29, 0.717) is 12.8 Å². The summed E-state index contributed by atoms with van der Waals surface area (Å²) in [6.45, 7) is 3.45. The zero-order valence-electron chi connectivity index (χ0n) is 17.5. The Labute approximate surface area is 165 Å². The van der Waals surface area contributed by atoms with Gasteiger partial charge in [0.2, 0.25) is 0 Å².